The molecule has 1 aromatic carbocycles. The molecule has 0 bridgehead atoms. The van der Waals surface area contributed by atoms with Crippen molar-refractivity contribution in [3.05, 3.63) is 53.6 Å². The molecule has 0 amide bonds. The molecule has 0 spiro atoms. The highest BCUT2D eigenvalue weighted by molar-refractivity contribution is 5.48. The van der Waals surface area contributed by atoms with Crippen LogP contribution in [0.1, 0.15) is 12.0 Å². The van der Waals surface area contributed by atoms with Crippen LogP contribution in [0.4, 0.5) is 0 Å². The van der Waals surface area contributed by atoms with E-state index >= 15 is 0 Å². The molecule has 0 aromatic heterocycles. The zero-order chi connectivity index (χ0) is 17.4. The van der Waals surface area contributed by atoms with Crippen LogP contribution in [0.5, 0.6) is 5.75 Å². The van der Waals surface area contributed by atoms with Gasteiger partial charge in [0.1, 0.15) is 18.5 Å². The van der Waals surface area contributed by atoms with Crippen molar-refractivity contribution < 1.29 is 19.7 Å². The zero-order valence-electron chi connectivity index (χ0n) is 13.5. The lowest BCUT2D eigenvalue weighted by Gasteiger charge is -2.25. The van der Waals surface area contributed by atoms with Gasteiger partial charge in [-0.1, -0.05) is 42.0 Å². The van der Waals surface area contributed by atoms with Crippen molar-refractivity contribution in [2.75, 3.05) is 20.3 Å². The van der Waals surface area contributed by atoms with E-state index in [4.69, 9.17) is 21.0 Å². The van der Waals surface area contributed by atoms with E-state index < -0.39 is 5.60 Å². The summed E-state index contributed by atoms with van der Waals surface area (Å²) in [5, 5.41) is 19.8. The monoisotopic (exact) mass is 324 g/mol. The fraction of sp³-hybridized carbons (Fsp3) is 0.300. The molecule has 4 heteroatoms. The van der Waals surface area contributed by atoms with Crippen molar-refractivity contribution in [2.45, 2.75) is 18.1 Å². The molecule has 24 heavy (non-hydrogen) atoms. The van der Waals surface area contributed by atoms with Crippen LogP contribution in [-0.4, -0.2) is 36.6 Å². The predicted molar refractivity (Wildman–Crippen MR) is 92.2 cm³/mol. The Morgan fingerprint density at radius 3 is 2.75 bits per heavy atom. The van der Waals surface area contributed by atoms with Gasteiger partial charge in [0.05, 0.1) is 6.61 Å². The molecular formula is C20H20O4. The number of allylic oxidation sites excluding steroid dienone is 1. The van der Waals surface area contributed by atoms with E-state index in [0.717, 1.165) is 0 Å². The maximum Gasteiger partial charge on any atom is 0.176 e. The minimum atomic E-state index is -1.57. The van der Waals surface area contributed by atoms with Crippen molar-refractivity contribution in [3.8, 4) is 29.9 Å². The van der Waals surface area contributed by atoms with Crippen molar-refractivity contribution in [2.24, 2.45) is 0 Å². The number of benzene rings is 1. The number of hydrogen-bond acceptors (Lipinski definition) is 4. The van der Waals surface area contributed by atoms with E-state index in [1.165, 1.54) is 0 Å². The van der Waals surface area contributed by atoms with Crippen molar-refractivity contribution >= 4 is 0 Å². The lowest BCUT2D eigenvalue weighted by molar-refractivity contribution is 0.143. The number of hydrogen-bond donors (Lipinski definition) is 2. The van der Waals surface area contributed by atoms with E-state index in [9.17, 15) is 5.11 Å². The molecule has 0 heterocycles. The summed E-state index contributed by atoms with van der Waals surface area (Å²) in [6.07, 6.45) is 11.1. The average Bonchev–Trinajstić information content (AvgIpc) is 2.60. The summed E-state index contributed by atoms with van der Waals surface area (Å²) in [5.74, 6) is 9.00. The van der Waals surface area contributed by atoms with Gasteiger partial charge in [-0.15, -0.1) is 6.42 Å². The van der Waals surface area contributed by atoms with Crippen LogP contribution in [0.3, 0.4) is 0 Å². The van der Waals surface area contributed by atoms with E-state index in [1.54, 1.807) is 43.5 Å². The van der Waals surface area contributed by atoms with Crippen molar-refractivity contribution in [3.63, 3.8) is 0 Å². The standard InChI is InChI=1S/C20H20O4/c1-3-20(22,16-6-4-5-7-18(23-2)11-8-16)17-9-12-19(13-10-17)24-15-14-21/h1,6,8-13,18,21-22H,4,14-15H2,2H3/b11-8-,16-6+/t18-,20?/m0/s1. The molecule has 0 saturated carbocycles. The molecule has 2 rings (SSSR count). The van der Waals surface area contributed by atoms with E-state index in [2.05, 4.69) is 17.8 Å². The molecular weight excluding hydrogens is 304 g/mol. The Bertz CT molecular complexity index is 713. The smallest absolute Gasteiger partial charge is 0.176 e. The van der Waals surface area contributed by atoms with Gasteiger partial charge in [0.25, 0.3) is 0 Å². The van der Waals surface area contributed by atoms with Crippen LogP contribution in [0.25, 0.3) is 0 Å². The summed E-state index contributed by atoms with van der Waals surface area (Å²) >= 11 is 0. The first-order valence-electron chi connectivity index (χ1n) is 7.58. The summed E-state index contributed by atoms with van der Waals surface area (Å²) in [6.45, 7) is 0.152. The summed E-state index contributed by atoms with van der Waals surface area (Å²) in [7, 11) is 1.58. The Morgan fingerprint density at radius 2 is 2.12 bits per heavy atom. The van der Waals surface area contributed by atoms with Gasteiger partial charge in [0.15, 0.2) is 5.60 Å². The van der Waals surface area contributed by atoms with Crippen molar-refractivity contribution in [1.82, 2.24) is 0 Å². The highest BCUT2D eigenvalue weighted by Gasteiger charge is 2.30. The maximum atomic E-state index is 11.0. The van der Waals surface area contributed by atoms with Gasteiger partial charge < -0.3 is 19.7 Å². The quantitative estimate of drug-likeness (QED) is 0.783. The summed E-state index contributed by atoms with van der Waals surface area (Å²) in [5.41, 5.74) is -0.437. The fourth-order valence-electron chi connectivity index (χ4n) is 2.32. The third kappa shape index (κ3) is 4.07. The second-order valence-electron chi connectivity index (χ2n) is 5.15. The SMILES string of the molecule is C#CC(O)(C1=C/CC#C[C@H](OC)/C=C\1)c1ccc(OCCO)cc1. The van der Waals surface area contributed by atoms with Gasteiger partial charge in [0, 0.05) is 19.1 Å². The second kappa shape index (κ2) is 8.38. The maximum absolute atomic E-state index is 11.0. The Labute approximate surface area is 142 Å². The molecule has 1 aromatic rings. The number of methoxy groups -OCH3 is 1. The molecule has 124 valence electrons. The Balaban J connectivity index is 2.31. The van der Waals surface area contributed by atoms with Crippen LogP contribution in [0.2, 0.25) is 0 Å². The Hall–Kier alpha value is -2.50. The molecule has 0 saturated heterocycles. The van der Waals surface area contributed by atoms with Crippen molar-refractivity contribution in [1.29, 1.82) is 0 Å². The van der Waals surface area contributed by atoms with Crippen LogP contribution in [0.15, 0.2) is 48.1 Å². The lowest BCUT2D eigenvalue weighted by atomic mass is 9.85. The first-order chi connectivity index (χ1) is 11.6. The number of rotatable bonds is 6. The predicted octanol–water partition coefficient (Wildman–Crippen LogP) is 1.78. The number of terminal acetylenes is 1. The minimum Gasteiger partial charge on any atom is -0.491 e. The third-order valence-electron chi connectivity index (χ3n) is 3.63. The first kappa shape index (κ1) is 17.8. The molecule has 0 radical (unpaired) electrons. The zero-order valence-corrected chi connectivity index (χ0v) is 13.5. The van der Waals surface area contributed by atoms with Crippen LogP contribution >= 0.6 is 0 Å². The van der Waals surface area contributed by atoms with E-state index in [0.29, 0.717) is 23.3 Å². The largest absolute Gasteiger partial charge is 0.491 e. The van der Waals surface area contributed by atoms with Gasteiger partial charge >= 0.3 is 0 Å². The minimum absolute atomic E-state index is 0.0601. The number of aliphatic hydroxyl groups excluding tert-OH is 1. The van der Waals surface area contributed by atoms with Crippen LogP contribution in [-0.2, 0) is 10.3 Å². The van der Waals surface area contributed by atoms with Gasteiger partial charge in [0.2, 0.25) is 0 Å². The summed E-state index contributed by atoms with van der Waals surface area (Å²) < 4.78 is 10.5. The highest BCUT2D eigenvalue weighted by Crippen LogP contribution is 2.32. The Kier molecular flexibility index (Phi) is 6.23. The molecule has 1 unspecified atom stereocenters. The molecule has 1 aliphatic rings. The lowest BCUT2D eigenvalue weighted by Crippen LogP contribution is -2.26. The highest BCUT2D eigenvalue weighted by atomic mass is 16.5. The normalized spacial score (nSPS) is 22.4. The van der Waals surface area contributed by atoms with E-state index in [-0.39, 0.29) is 19.3 Å². The molecule has 0 aliphatic heterocycles. The first-order valence-corrected chi connectivity index (χ1v) is 7.58. The third-order valence-corrected chi connectivity index (χ3v) is 3.63. The van der Waals surface area contributed by atoms with E-state index in [1.807, 2.05) is 6.08 Å². The molecule has 0 fully saturated rings. The van der Waals surface area contributed by atoms with Crippen LogP contribution < -0.4 is 4.74 Å². The summed E-state index contributed by atoms with van der Waals surface area (Å²) in [6, 6.07) is 6.83. The van der Waals surface area contributed by atoms with Crippen LogP contribution in [0, 0.1) is 24.2 Å². The van der Waals surface area contributed by atoms with Gasteiger partial charge in [-0.05, 0) is 23.8 Å². The van der Waals surface area contributed by atoms with Gasteiger partial charge in [-0.25, -0.2) is 0 Å². The second-order valence-corrected chi connectivity index (χ2v) is 5.15. The number of ether oxygens (including phenoxy) is 2. The average molecular weight is 324 g/mol. The fourth-order valence-corrected chi connectivity index (χ4v) is 2.32. The summed E-state index contributed by atoms with van der Waals surface area (Å²) in [4.78, 5) is 0. The number of aliphatic hydroxyl groups is 2. The molecule has 2 atom stereocenters. The van der Waals surface area contributed by atoms with Gasteiger partial charge in [-0.3, -0.25) is 0 Å². The topological polar surface area (TPSA) is 58.9 Å². The Morgan fingerprint density at radius 1 is 1.38 bits per heavy atom. The molecule has 2 N–H and O–H groups in total. The molecule has 1 aliphatic carbocycles. The van der Waals surface area contributed by atoms with Gasteiger partial charge in [-0.2, -0.15) is 0 Å². The molecule has 4 nitrogen and oxygen atoms in total.